The number of hydrogen-bond acceptors (Lipinski definition) is 5. The van der Waals surface area contributed by atoms with Crippen molar-refractivity contribution in [2.24, 2.45) is 0 Å². The molecule has 1 N–H and O–H groups in total. The van der Waals surface area contributed by atoms with Gasteiger partial charge in [-0.1, -0.05) is 24.3 Å². The zero-order valence-electron chi connectivity index (χ0n) is 15.2. The van der Waals surface area contributed by atoms with Crippen LogP contribution in [0, 0.1) is 0 Å². The number of nitrogens with one attached hydrogen (secondary N) is 1. The standard InChI is InChI=1S/C22H19N3O3/c26-22(24-18-5-6-19-20(12-18)28-14-27-19)16-7-9-23-21(11-16)25-10-8-15-3-1-2-4-17(15)13-25/h1-7,9,11-12H,8,10,13-14H2,(H,24,26). The molecule has 0 saturated carbocycles. The Morgan fingerprint density at radius 1 is 1.00 bits per heavy atom. The number of fused-ring (bicyclic) bond motifs is 2. The van der Waals surface area contributed by atoms with Crippen molar-refractivity contribution >= 4 is 17.4 Å². The van der Waals surface area contributed by atoms with Crippen molar-refractivity contribution in [3.05, 3.63) is 77.5 Å². The quantitative estimate of drug-likeness (QED) is 0.760. The molecule has 3 aromatic rings. The van der Waals surface area contributed by atoms with Gasteiger partial charge in [0.2, 0.25) is 6.79 Å². The highest BCUT2D eigenvalue weighted by atomic mass is 16.7. The van der Waals surface area contributed by atoms with E-state index in [1.165, 1.54) is 11.1 Å². The van der Waals surface area contributed by atoms with Gasteiger partial charge in [0, 0.05) is 36.6 Å². The van der Waals surface area contributed by atoms with Gasteiger partial charge in [0.25, 0.3) is 5.91 Å². The minimum Gasteiger partial charge on any atom is -0.454 e. The normalized spacial score (nSPS) is 14.5. The Hall–Kier alpha value is -3.54. The summed E-state index contributed by atoms with van der Waals surface area (Å²) >= 11 is 0. The molecule has 0 spiro atoms. The minimum atomic E-state index is -0.181. The van der Waals surface area contributed by atoms with Crippen molar-refractivity contribution in [2.75, 3.05) is 23.6 Å². The van der Waals surface area contributed by atoms with Crippen LogP contribution in [-0.4, -0.2) is 24.2 Å². The Balaban J connectivity index is 1.33. The minimum absolute atomic E-state index is 0.181. The van der Waals surface area contributed by atoms with Crippen molar-refractivity contribution in [3.8, 4) is 11.5 Å². The molecule has 0 radical (unpaired) electrons. The number of aromatic nitrogens is 1. The van der Waals surface area contributed by atoms with Crippen molar-refractivity contribution in [3.63, 3.8) is 0 Å². The Morgan fingerprint density at radius 2 is 1.86 bits per heavy atom. The molecule has 0 bridgehead atoms. The van der Waals surface area contributed by atoms with Crippen LogP contribution in [0.5, 0.6) is 11.5 Å². The number of amides is 1. The summed E-state index contributed by atoms with van der Waals surface area (Å²) in [5, 5.41) is 2.91. The topological polar surface area (TPSA) is 63.7 Å². The summed E-state index contributed by atoms with van der Waals surface area (Å²) in [6.07, 6.45) is 2.66. The van der Waals surface area contributed by atoms with E-state index in [-0.39, 0.29) is 12.7 Å². The third-order valence-electron chi connectivity index (χ3n) is 5.09. The van der Waals surface area contributed by atoms with Crippen LogP contribution in [0.3, 0.4) is 0 Å². The second kappa shape index (κ2) is 6.88. The third kappa shape index (κ3) is 3.13. The van der Waals surface area contributed by atoms with Gasteiger partial charge in [-0.05, 0) is 41.8 Å². The van der Waals surface area contributed by atoms with E-state index < -0.39 is 0 Å². The molecule has 0 saturated heterocycles. The highest BCUT2D eigenvalue weighted by Crippen LogP contribution is 2.34. The lowest BCUT2D eigenvalue weighted by molar-refractivity contribution is 0.102. The average molecular weight is 373 g/mol. The summed E-state index contributed by atoms with van der Waals surface area (Å²) in [5.41, 5.74) is 3.93. The van der Waals surface area contributed by atoms with Crippen molar-refractivity contribution in [1.82, 2.24) is 4.98 Å². The Kier molecular flexibility index (Phi) is 4.09. The average Bonchev–Trinajstić information content (AvgIpc) is 3.21. The molecule has 2 aromatic carbocycles. The Bertz CT molecular complexity index is 1050. The van der Waals surface area contributed by atoms with E-state index in [9.17, 15) is 4.79 Å². The molecule has 3 heterocycles. The first kappa shape index (κ1) is 16.6. The van der Waals surface area contributed by atoms with Crippen molar-refractivity contribution in [2.45, 2.75) is 13.0 Å². The van der Waals surface area contributed by atoms with Crippen LogP contribution in [0.25, 0.3) is 0 Å². The van der Waals surface area contributed by atoms with E-state index in [1.54, 1.807) is 30.5 Å². The lowest BCUT2D eigenvalue weighted by atomic mass is 10.00. The SMILES string of the molecule is O=C(Nc1ccc2c(c1)OCO2)c1ccnc(N2CCc3ccccc3C2)c1. The largest absolute Gasteiger partial charge is 0.454 e. The van der Waals surface area contributed by atoms with Crippen LogP contribution in [0.15, 0.2) is 60.8 Å². The maximum absolute atomic E-state index is 12.7. The molecule has 0 unspecified atom stereocenters. The zero-order valence-corrected chi connectivity index (χ0v) is 15.2. The predicted octanol–water partition coefficient (Wildman–Crippen LogP) is 3.63. The van der Waals surface area contributed by atoms with Crippen LogP contribution < -0.4 is 19.7 Å². The molecule has 0 atom stereocenters. The number of pyridine rings is 1. The molecule has 28 heavy (non-hydrogen) atoms. The molecule has 2 aliphatic heterocycles. The molecule has 5 rings (SSSR count). The molecular weight excluding hydrogens is 354 g/mol. The van der Waals surface area contributed by atoms with E-state index in [4.69, 9.17) is 9.47 Å². The van der Waals surface area contributed by atoms with Crippen LogP contribution in [0.4, 0.5) is 11.5 Å². The molecule has 1 amide bonds. The van der Waals surface area contributed by atoms with E-state index in [2.05, 4.69) is 39.5 Å². The zero-order chi connectivity index (χ0) is 18.9. The van der Waals surface area contributed by atoms with Gasteiger partial charge in [-0.3, -0.25) is 4.79 Å². The van der Waals surface area contributed by atoms with Crippen molar-refractivity contribution in [1.29, 1.82) is 0 Å². The summed E-state index contributed by atoms with van der Waals surface area (Å²) in [6.45, 7) is 1.90. The van der Waals surface area contributed by atoms with Gasteiger partial charge >= 0.3 is 0 Å². The van der Waals surface area contributed by atoms with Crippen LogP contribution in [0.1, 0.15) is 21.5 Å². The maximum atomic E-state index is 12.7. The number of rotatable bonds is 3. The molecule has 2 aliphatic rings. The molecule has 140 valence electrons. The van der Waals surface area contributed by atoms with Gasteiger partial charge in [0.15, 0.2) is 11.5 Å². The molecule has 6 nitrogen and oxygen atoms in total. The van der Waals surface area contributed by atoms with Gasteiger partial charge in [0.05, 0.1) is 0 Å². The van der Waals surface area contributed by atoms with Gasteiger partial charge in [-0.25, -0.2) is 4.98 Å². The number of carbonyl (C=O) groups excluding carboxylic acids is 1. The highest BCUT2D eigenvalue weighted by molar-refractivity contribution is 6.04. The highest BCUT2D eigenvalue weighted by Gasteiger charge is 2.19. The molecule has 0 aliphatic carbocycles. The maximum Gasteiger partial charge on any atom is 0.255 e. The van der Waals surface area contributed by atoms with Gasteiger partial charge in [-0.2, -0.15) is 0 Å². The lowest BCUT2D eigenvalue weighted by Gasteiger charge is -2.29. The Labute approximate surface area is 162 Å². The number of nitrogens with zero attached hydrogens (tertiary/aromatic N) is 2. The first-order valence-electron chi connectivity index (χ1n) is 9.25. The summed E-state index contributed by atoms with van der Waals surface area (Å²) in [7, 11) is 0. The fourth-order valence-corrected chi connectivity index (χ4v) is 3.60. The van der Waals surface area contributed by atoms with Gasteiger partial charge in [0.1, 0.15) is 5.82 Å². The number of ether oxygens (including phenoxy) is 2. The summed E-state index contributed by atoms with van der Waals surface area (Å²) in [4.78, 5) is 19.4. The number of anilines is 2. The molecule has 6 heteroatoms. The number of benzene rings is 2. The molecule has 1 aromatic heterocycles. The van der Waals surface area contributed by atoms with Gasteiger partial charge in [-0.15, -0.1) is 0 Å². The van der Waals surface area contributed by atoms with Crippen molar-refractivity contribution < 1.29 is 14.3 Å². The first-order valence-corrected chi connectivity index (χ1v) is 9.25. The monoisotopic (exact) mass is 373 g/mol. The smallest absolute Gasteiger partial charge is 0.255 e. The van der Waals surface area contributed by atoms with Crippen LogP contribution >= 0.6 is 0 Å². The molecular formula is C22H19N3O3. The third-order valence-corrected chi connectivity index (χ3v) is 5.09. The fourth-order valence-electron chi connectivity index (χ4n) is 3.60. The van der Waals surface area contributed by atoms with Crippen LogP contribution in [0.2, 0.25) is 0 Å². The Morgan fingerprint density at radius 3 is 2.79 bits per heavy atom. The van der Waals surface area contributed by atoms with E-state index in [0.717, 1.165) is 25.3 Å². The van der Waals surface area contributed by atoms with Crippen LogP contribution in [-0.2, 0) is 13.0 Å². The number of hydrogen-bond donors (Lipinski definition) is 1. The lowest BCUT2D eigenvalue weighted by Crippen LogP contribution is -2.31. The fraction of sp³-hybridized carbons (Fsp3) is 0.182. The summed E-state index contributed by atoms with van der Waals surface area (Å²) in [5.74, 6) is 1.96. The summed E-state index contributed by atoms with van der Waals surface area (Å²) in [6, 6.07) is 17.4. The van der Waals surface area contributed by atoms with E-state index >= 15 is 0 Å². The second-order valence-corrected chi connectivity index (χ2v) is 6.87. The second-order valence-electron chi connectivity index (χ2n) is 6.87. The molecule has 0 fully saturated rings. The predicted molar refractivity (Wildman–Crippen MR) is 106 cm³/mol. The van der Waals surface area contributed by atoms with E-state index in [0.29, 0.717) is 22.7 Å². The van der Waals surface area contributed by atoms with E-state index in [1.807, 2.05) is 6.07 Å². The number of carbonyl (C=O) groups is 1. The summed E-state index contributed by atoms with van der Waals surface area (Å²) < 4.78 is 10.7. The van der Waals surface area contributed by atoms with Gasteiger partial charge < -0.3 is 19.7 Å². The first-order chi connectivity index (χ1) is 13.8.